The molecular weight excluding hydrogens is 414 g/mol. The zero-order chi connectivity index (χ0) is 19.7. The van der Waals surface area contributed by atoms with E-state index in [1.165, 1.54) is 6.07 Å². The van der Waals surface area contributed by atoms with E-state index in [0.29, 0.717) is 35.0 Å². The second-order valence-electron chi connectivity index (χ2n) is 7.96. The Morgan fingerprint density at radius 3 is 2.28 bits per heavy atom. The first kappa shape index (κ1) is 25.4. The molecule has 1 aromatic heterocycles. The lowest BCUT2D eigenvalue weighted by atomic mass is 10.0. The highest BCUT2D eigenvalue weighted by molar-refractivity contribution is 5.85. The van der Waals surface area contributed by atoms with Gasteiger partial charge in [-0.25, -0.2) is 9.07 Å². The molecule has 1 fully saturated rings. The van der Waals surface area contributed by atoms with E-state index in [-0.39, 0.29) is 36.2 Å². The largest absolute Gasteiger partial charge is 0.364 e. The summed E-state index contributed by atoms with van der Waals surface area (Å²) in [5.74, 6) is 0.0392. The first-order chi connectivity index (χ1) is 12.8. The molecule has 2 heterocycles. The van der Waals surface area contributed by atoms with Gasteiger partial charge in [0.1, 0.15) is 11.5 Å². The molecule has 1 aliphatic rings. The Bertz CT molecular complexity index is 893. The topological polar surface area (TPSA) is 41.4 Å². The third kappa shape index (κ3) is 5.50. The van der Waals surface area contributed by atoms with Crippen LogP contribution in [0.1, 0.15) is 25.0 Å². The SMILES string of the molecule is Cc1ccc(-c2nn(CC(C)C)c(=O)c(N3CCN(C)CC3)c2C)cc1F.Cl.Cl. The summed E-state index contributed by atoms with van der Waals surface area (Å²) in [6.07, 6.45) is 0. The van der Waals surface area contributed by atoms with E-state index in [1.807, 2.05) is 13.0 Å². The van der Waals surface area contributed by atoms with Gasteiger partial charge in [-0.05, 0) is 38.4 Å². The number of rotatable bonds is 4. The molecule has 1 saturated heterocycles. The van der Waals surface area contributed by atoms with Crippen molar-refractivity contribution in [2.24, 2.45) is 5.92 Å². The Hall–Kier alpha value is -1.63. The highest BCUT2D eigenvalue weighted by atomic mass is 35.5. The molecule has 0 unspecified atom stereocenters. The minimum absolute atomic E-state index is 0. The second kappa shape index (κ2) is 10.4. The molecular formula is C21H31Cl2FN4O. The Morgan fingerprint density at radius 2 is 1.72 bits per heavy atom. The first-order valence-corrected chi connectivity index (χ1v) is 9.59. The summed E-state index contributed by atoms with van der Waals surface area (Å²) >= 11 is 0. The van der Waals surface area contributed by atoms with E-state index in [1.54, 1.807) is 17.7 Å². The number of aryl methyl sites for hydroxylation is 1. The van der Waals surface area contributed by atoms with Gasteiger partial charge < -0.3 is 9.80 Å². The molecule has 1 aromatic carbocycles. The van der Waals surface area contributed by atoms with Gasteiger partial charge >= 0.3 is 0 Å². The van der Waals surface area contributed by atoms with Crippen molar-refractivity contribution >= 4 is 30.5 Å². The van der Waals surface area contributed by atoms with Gasteiger partial charge in [0, 0.05) is 43.9 Å². The molecule has 0 atom stereocenters. The number of nitrogens with zero attached hydrogens (tertiary/aromatic N) is 4. The fraction of sp³-hybridized carbons (Fsp3) is 0.524. The van der Waals surface area contributed by atoms with Gasteiger partial charge in [-0.1, -0.05) is 26.0 Å². The quantitative estimate of drug-likeness (QED) is 0.716. The van der Waals surface area contributed by atoms with Gasteiger partial charge in [0.15, 0.2) is 0 Å². The molecule has 0 N–H and O–H groups in total. The number of anilines is 1. The zero-order valence-corrected chi connectivity index (χ0v) is 19.4. The van der Waals surface area contributed by atoms with Crippen molar-refractivity contribution in [1.29, 1.82) is 0 Å². The fourth-order valence-corrected chi connectivity index (χ4v) is 3.52. The smallest absolute Gasteiger partial charge is 0.290 e. The molecule has 3 rings (SSSR count). The predicted octanol–water partition coefficient (Wildman–Crippen LogP) is 3.92. The van der Waals surface area contributed by atoms with Crippen LogP contribution in [0.2, 0.25) is 0 Å². The van der Waals surface area contributed by atoms with E-state index in [0.717, 1.165) is 31.7 Å². The van der Waals surface area contributed by atoms with Gasteiger partial charge in [-0.2, -0.15) is 5.10 Å². The third-order valence-electron chi connectivity index (χ3n) is 5.17. The van der Waals surface area contributed by atoms with Crippen LogP contribution in [0, 0.1) is 25.6 Å². The summed E-state index contributed by atoms with van der Waals surface area (Å²) < 4.78 is 15.7. The average molecular weight is 445 g/mol. The van der Waals surface area contributed by atoms with Crippen molar-refractivity contribution in [3.8, 4) is 11.3 Å². The predicted molar refractivity (Wildman–Crippen MR) is 122 cm³/mol. The van der Waals surface area contributed by atoms with Crippen LogP contribution in [0.5, 0.6) is 0 Å². The highest BCUT2D eigenvalue weighted by Gasteiger charge is 2.23. The molecule has 0 aliphatic carbocycles. The van der Waals surface area contributed by atoms with Crippen LogP contribution >= 0.6 is 24.8 Å². The maximum Gasteiger partial charge on any atom is 0.290 e. The Kier molecular flexibility index (Phi) is 9.12. The summed E-state index contributed by atoms with van der Waals surface area (Å²) in [5, 5.41) is 4.62. The Labute approximate surface area is 184 Å². The highest BCUT2D eigenvalue weighted by Crippen LogP contribution is 2.28. The number of likely N-dealkylation sites (N-methyl/N-ethyl adjacent to an activating group) is 1. The van der Waals surface area contributed by atoms with Crippen LogP contribution < -0.4 is 10.5 Å². The van der Waals surface area contributed by atoms with Crippen LogP contribution in [0.25, 0.3) is 11.3 Å². The van der Waals surface area contributed by atoms with E-state index in [4.69, 9.17) is 0 Å². The first-order valence-electron chi connectivity index (χ1n) is 9.59. The third-order valence-corrected chi connectivity index (χ3v) is 5.17. The number of aromatic nitrogens is 2. The summed E-state index contributed by atoms with van der Waals surface area (Å²) in [6, 6.07) is 5.16. The minimum atomic E-state index is -0.253. The van der Waals surface area contributed by atoms with Crippen molar-refractivity contribution < 1.29 is 4.39 Å². The number of piperazine rings is 1. The lowest BCUT2D eigenvalue weighted by Gasteiger charge is -2.34. The van der Waals surface area contributed by atoms with E-state index >= 15 is 0 Å². The molecule has 0 radical (unpaired) electrons. The Morgan fingerprint density at radius 1 is 1.10 bits per heavy atom. The lowest BCUT2D eigenvalue weighted by molar-refractivity contribution is 0.312. The summed E-state index contributed by atoms with van der Waals surface area (Å²) in [7, 11) is 2.09. The monoisotopic (exact) mass is 444 g/mol. The van der Waals surface area contributed by atoms with Crippen molar-refractivity contribution in [3.63, 3.8) is 0 Å². The van der Waals surface area contributed by atoms with Crippen molar-refractivity contribution in [2.75, 3.05) is 38.1 Å². The van der Waals surface area contributed by atoms with E-state index in [9.17, 15) is 9.18 Å². The zero-order valence-electron chi connectivity index (χ0n) is 17.7. The van der Waals surface area contributed by atoms with Gasteiger partial charge in [0.25, 0.3) is 5.56 Å². The number of halogens is 3. The van der Waals surface area contributed by atoms with Crippen LogP contribution in [0.15, 0.2) is 23.0 Å². The molecule has 1 aliphatic heterocycles. The molecule has 8 heteroatoms. The maximum absolute atomic E-state index is 14.2. The van der Waals surface area contributed by atoms with Gasteiger partial charge in [0.2, 0.25) is 0 Å². The van der Waals surface area contributed by atoms with Crippen molar-refractivity contribution in [1.82, 2.24) is 14.7 Å². The van der Waals surface area contributed by atoms with E-state index in [2.05, 4.69) is 35.8 Å². The van der Waals surface area contributed by atoms with Gasteiger partial charge in [-0.3, -0.25) is 4.79 Å². The number of hydrogen-bond donors (Lipinski definition) is 0. The molecule has 0 amide bonds. The van der Waals surface area contributed by atoms with Crippen molar-refractivity contribution in [2.45, 2.75) is 34.2 Å². The summed E-state index contributed by atoms with van der Waals surface area (Å²) in [5.41, 5.74) is 3.47. The Balaban J connectivity index is 0.00000210. The van der Waals surface area contributed by atoms with E-state index < -0.39 is 0 Å². The number of hydrogen-bond acceptors (Lipinski definition) is 4. The molecule has 162 valence electrons. The van der Waals surface area contributed by atoms with Crippen LogP contribution in [0.4, 0.5) is 10.1 Å². The molecule has 29 heavy (non-hydrogen) atoms. The maximum atomic E-state index is 14.2. The molecule has 0 bridgehead atoms. The standard InChI is InChI=1S/C21H29FN4O.2ClH/c1-14(2)13-26-21(27)20(25-10-8-24(5)9-11-25)16(4)19(23-26)17-7-6-15(3)18(22)12-17;;/h6-7,12,14H,8-11,13H2,1-5H3;2*1H. The number of benzene rings is 1. The summed E-state index contributed by atoms with van der Waals surface area (Å²) in [6.45, 7) is 11.8. The fourth-order valence-electron chi connectivity index (χ4n) is 3.52. The second-order valence-corrected chi connectivity index (χ2v) is 7.96. The molecule has 5 nitrogen and oxygen atoms in total. The average Bonchev–Trinajstić information content (AvgIpc) is 2.61. The molecule has 0 spiro atoms. The minimum Gasteiger partial charge on any atom is -0.364 e. The molecule has 2 aromatic rings. The van der Waals surface area contributed by atoms with Crippen molar-refractivity contribution in [3.05, 3.63) is 45.5 Å². The van der Waals surface area contributed by atoms with Crippen LogP contribution in [0.3, 0.4) is 0 Å². The lowest BCUT2D eigenvalue weighted by Crippen LogP contribution is -2.47. The normalized spacial score (nSPS) is 14.5. The van der Waals surface area contributed by atoms with Gasteiger partial charge in [0.05, 0.1) is 5.69 Å². The van der Waals surface area contributed by atoms with Crippen LogP contribution in [-0.4, -0.2) is 47.9 Å². The molecule has 0 saturated carbocycles. The summed E-state index contributed by atoms with van der Waals surface area (Å²) in [4.78, 5) is 17.6. The van der Waals surface area contributed by atoms with Crippen LogP contribution in [-0.2, 0) is 6.54 Å². The van der Waals surface area contributed by atoms with Gasteiger partial charge in [-0.15, -0.1) is 24.8 Å².